The summed E-state index contributed by atoms with van der Waals surface area (Å²) in [6, 6.07) is 20.2. The van der Waals surface area contributed by atoms with E-state index in [1.54, 1.807) is 60.6 Å². The van der Waals surface area contributed by atoms with Gasteiger partial charge < -0.3 is 4.90 Å². The molecule has 0 fully saturated rings. The molecule has 0 bridgehead atoms. The van der Waals surface area contributed by atoms with Gasteiger partial charge in [0.05, 0.1) is 4.90 Å². The number of rotatable bonds is 7. The van der Waals surface area contributed by atoms with Crippen LogP contribution in [-0.4, -0.2) is 37.8 Å². The van der Waals surface area contributed by atoms with Crippen molar-refractivity contribution >= 4 is 21.6 Å². The fourth-order valence-electron chi connectivity index (χ4n) is 2.68. The Hall–Kier alpha value is -3.19. The van der Waals surface area contributed by atoms with Crippen LogP contribution in [0.1, 0.15) is 16.1 Å². The first-order valence-corrected chi connectivity index (χ1v) is 10.3. The summed E-state index contributed by atoms with van der Waals surface area (Å²) < 4.78 is 27.4. The van der Waals surface area contributed by atoms with E-state index in [4.69, 9.17) is 0 Å². The molecule has 2 aromatic carbocycles. The van der Waals surface area contributed by atoms with Crippen molar-refractivity contribution < 1.29 is 13.2 Å². The van der Waals surface area contributed by atoms with Gasteiger partial charge in [-0.3, -0.25) is 14.5 Å². The Morgan fingerprint density at radius 2 is 1.75 bits per heavy atom. The van der Waals surface area contributed by atoms with E-state index in [-0.39, 0.29) is 10.8 Å². The monoisotopic (exact) mass is 395 g/mol. The van der Waals surface area contributed by atoms with Crippen LogP contribution < -0.4 is 4.72 Å². The Labute approximate surface area is 164 Å². The minimum Gasteiger partial charge on any atom is -0.341 e. The number of benzene rings is 2. The highest BCUT2D eigenvalue weighted by atomic mass is 32.2. The molecular formula is C21H21N3O3S. The van der Waals surface area contributed by atoms with Gasteiger partial charge in [0.15, 0.2) is 0 Å². The quantitative estimate of drug-likeness (QED) is 0.666. The molecule has 6 nitrogen and oxygen atoms in total. The molecule has 1 amide bonds. The van der Waals surface area contributed by atoms with Crippen LogP contribution in [0.15, 0.2) is 83.9 Å². The van der Waals surface area contributed by atoms with Gasteiger partial charge in [0.25, 0.3) is 15.9 Å². The van der Waals surface area contributed by atoms with Gasteiger partial charge in [0.1, 0.15) is 0 Å². The highest BCUT2D eigenvalue weighted by molar-refractivity contribution is 7.92. The van der Waals surface area contributed by atoms with Gasteiger partial charge in [0, 0.05) is 43.2 Å². The zero-order chi connectivity index (χ0) is 20.0. The van der Waals surface area contributed by atoms with E-state index in [1.807, 2.05) is 18.2 Å². The van der Waals surface area contributed by atoms with Gasteiger partial charge in [-0.25, -0.2) is 8.42 Å². The van der Waals surface area contributed by atoms with Gasteiger partial charge >= 0.3 is 0 Å². The van der Waals surface area contributed by atoms with E-state index in [2.05, 4.69) is 9.71 Å². The van der Waals surface area contributed by atoms with Crippen molar-refractivity contribution in [2.75, 3.05) is 18.3 Å². The number of anilines is 1. The van der Waals surface area contributed by atoms with Crippen molar-refractivity contribution in [2.24, 2.45) is 0 Å². The maximum absolute atomic E-state index is 12.7. The molecule has 144 valence electrons. The summed E-state index contributed by atoms with van der Waals surface area (Å²) in [7, 11) is -1.99. The number of carbonyl (C=O) groups is 1. The van der Waals surface area contributed by atoms with Crippen LogP contribution in [0.3, 0.4) is 0 Å². The lowest BCUT2D eigenvalue weighted by molar-refractivity contribution is 0.0796. The van der Waals surface area contributed by atoms with E-state index in [0.717, 1.165) is 5.69 Å². The first kappa shape index (κ1) is 19.6. The lowest BCUT2D eigenvalue weighted by Gasteiger charge is -2.17. The molecule has 0 saturated carbocycles. The molecule has 3 rings (SSSR count). The fraction of sp³-hybridized carbons (Fsp3) is 0.143. The van der Waals surface area contributed by atoms with Gasteiger partial charge in [0.2, 0.25) is 0 Å². The van der Waals surface area contributed by atoms with Crippen LogP contribution in [0.5, 0.6) is 0 Å². The molecule has 1 heterocycles. The van der Waals surface area contributed by atoms with Gasteiger partial charge in [-0.2, -0.15) is 0 Å². The Morgan fingerprint density at radius 1 is 1.00 bits per heavy atom. The maximum Gasteiger partial charge on any atom is 0.261 e. The Morgan fingerprint density at radius 3 is 2.46 bits per heavy atom. The zero-order valence-corrected chi connectivity index (χ0v) is 16.3. The average Bonchev–Trinajstić information content (AvgIpc) is 2.73. The number of sulfonamides is 1. The fourth-order valence-corrected chi connectivity index (χ4v) is 3.75. The molecule has 0 radical (unpaired) electrons. The van der Waals surface area contributed by atoms with Crippen molar-refractivity contribution in [3.8, 4) is 0 Å². The van der Waals surface area contributed by atoms with E-state index in [0.29, 0.717) is 24.2 Å². The number of carbonyl (C=O) groups excluding carboxylic acids is 1. The zero-order valence-electron chi connectivity index (χ0n) is 15.4. The number of pyridine rings is 1. The van der Waals surface area contributed by atoms with Gasteiger partial charge in [-0.1, -0.05) is 30.3 Å². The number of nitrogens with one attached hydrogen (secondary N) is 1. The topological polar surface area (TPSA) is 79.4 Å². The minimum absolute atomic E-state index is 0.166. The van der Waals surface area contributed by atoms with E-state index < -0.39 is 10.0 Å². The van der Waals surface area contributed by atoms with Gasteiger partial charge in [-0.05, 0) is 42.5 Å². The van der Waals surface area contributed by atoms with Crippen molar-refractivity contribution in [2.45, 2.75) is 11.3 Å². The number of likely N-dealkylation sites (N-methyl/N-ethyl adjacent to an activating group) is 1. The molecule has 3 aromatic rings. The van der Waals surface area contributed by atoms with Gasteiger partial charge in [-0.15, -0.1) is 0 Å². The molecule has 0 unspecified atom stereocenters. The van der Waals surface area contributed by atoms with Crippen molar-refractivity contribution in [1.29, 1.82) is 0 Å². The Bertz CT molecular complexity index is 1040. The molecule has 0 saturated heterocycles. The smallest absolute Gasteiger partial charge is 0.261 e. The van der Waals surface area contributed by atoms with Crippen LogP contribution in [0.2, 0.25) is 0 Å². The normalized spacial score (nSPS) is 11.0. The summed E-state index contributed by atoms with van der Waals surface area (Å²) >= 11 is 0. The third-order valence-corrected chi connectivity index (χ3v) is 5.59. The molecule has 0 aliphatic carbocycles. The summed E-state index contributed by atoms with van der Waals surface area (Å²) in [5.41, 5.74) is 1.66. The number of amides is 1. The van der Waals surface area contributed by atoms with Crippen molar-refractivity contribution in [3.63, 3.8) is 0 Å². The number of aromatic nitrogens is 1. The number of nitrogens with zero attached hydrogens (tertiary/aromatic N) is 2. The summed E-state index contributed by atoms with van der Waals surface area (Å²) in [4.78, 5) is 18.7. The minimum atomic E-state index is -3.71. The lowest BCUT2D eigenvalue weighted by atomic mass is 10.1. The summed E-state index contributed by atoms with van der Waals surface area (Å²) in [6.45, 7) is 0.510. The Kier molecular flexibility index (Phi) is 6.06. The largest absolute Gasteiger partial charge is 0.341 e. The van der Waals surface area contributed by atoms with Crippen LogP contribution in [0, 0.1) is 0 Å². The molecule has 28 heavy (non-hydrogen) atoms. The standard InChI is InChI=1S/C21H21N3O3S/c1-24(15-13-18-9-5-6-14-22-18)21(25)17-8-7-10-19(16-17)23-28(26,27)20-11-3-2-4-12-20/h2-12,14,16,23H,13,15H2,1H3. The van der Waals surface area contributed by atoms with Crippen LogP contribution in [0.4, 0.5) is 5.69 Å². The van der Waals surface area contributed by atoms with Crippen molar-refractivity contribution in [3.05, 3.63) is 90.3 Å². The lowest BCUT2D eigenvalue weighted by Crippen LogP contribution is -2.29. The third kappa shape index (κ3) is 4.95. The van der Waals surface area contributed by atoms with Crippen LogP contribution in [0.25, 0.3) is 0 Å². The molecular weight excluding hydrogens is 374 g/mol. The molecule has 1 N–H and O–H groups in total. The first-order valence-electron chi connectivity index (χ1n) is 8.79. The predicted molar refractivity (Wildman–Crippen MR) is 109 cm³/mol. The first-order chi connectivity index (χ1) is 13.5. The number of hydrogen-bond acceptors (Lipinski definition) is 4. The molecule has 0 atom stereocenters. The third-order valence-electron chi connectivity index (χ3n) is 4.19. The summed E-state index contributed by atoms with van der Waals surface area (Å²) in [5, 5.41) is 0. The molecule has 0 aliphatic heterocycles. The Balaban J connectivity index is 1.69. The molecule has 7 heteroatoms. The second kappa shape index (κ2) is 8.67. The molecule has 0 aliphatic rings. The van der Waals surface area contributed by atoms with E-state index in [1.165, 1.54) is 12.1 Å². The van der Waals surface area contributed by atoms with Crippen LogP contribution >= 0.6 is 0 Å². The molecule has 1 aromatic heterocycles. The SMILES string of the molecule is CN(CCc1ccccn1)C(=O)c1cccc(NS(=O)(=O)c2ccccc2)c1. The summed E-state index contributed by atoms with van der Waals surface area (Å²) in [5.74, 6) is -0.184. The van der Waals surface area contributed by atoms with Crippen molar-refractivity contribution in [1.82, 2.24) is 9.88 Å². The number of hydrogen-bond donors (Lipinski definition) is 1. The maximum atomic E-state index is 12.7. The highest BCUT2D eigenvalue weighted by Gasteiger charge is 2.16. The second-order valence-electron chi connectivity index (χ2n) is 6.30. The highest BCUT2D eigenvalue weighted by Crippen LogP contribution is 2.18. The predicted octanol–water partition coefficient (Wildman–Crippen LogP) is 3.20. The average molecular weight is 395 g/mol. The molecule has 0 spiro atoms. The van der Waals surface area contributed by atoms with E-state index in [9.17, 15) is 13.2 Å². The second-order valence-corrected chi connectivity index (χ2v) is 7.98. The summed E-state index contributed by atoms with van der Waals surface area (Å²) in [6.07, 6.45) is 2.36. The van der Waals surface area contributed by atoms with Crippen LogP contribution in [-0.2, 0) is 16.4 Å². The van der Waals surface area contributed by atoms with E-state index >= 15 is 0 Å².